The Balaban J connectivity index is 2.33. The normalized spacial score (nSPS) is 19.1. The van der Waals surface area contributed by atoms with Crippen molar-refractivity contribution in [2.75, 3.05) is 13.1 Å². The zero-order valence-corrected chi connectivity index (χ0v) is 10.5. The minimum absolute atomic E-state index is 0.164. The average molecular weight is 223 g/mol. The molecule has 1 aliphatic heterocycles. The molecule has 0 aromatic rings. The Morgan fingerprint density at radius 3 is 2.44 bits per heavy atom. The maximum Gasteiger partial charge on any atom is 0.330 e. The molecule has 16 heavy (non-hydrogen) atoms. The van der Waals surface area contributed by atoms with Gasteiger partial charge in [0.1, 0.15) is 0 Å². The Hall–Kier alpha value is -1.01. The smallest absolute Gasteiger partial charge is 0.330 e. The van der Waals surface area contributed by atoms with Gasteiger partial charge in [-0.25, -0.2) is 4.79 Å². The van der Waals surface area contributed by atoms with Crippen molar-refractivity contribution in [2.45, 2.75) is 40.0 Å². The Morgan fingerprint density at radius 1 is 1.44 bits per heavy atom. The van der Waals surface area contributed by atoms with Crippen LogP contribution >= 0.6 is 0 Å². The molecule has 0 amide bonds. The fraction of sp³-hybridized carbons (Fsp3) is 0.769. The van der Waals surface area contributed by atoms with E-state index in [0.29, 0.717) is 5.92 Å². The van der Waals surface area contributed by atoms with Crippen LogP contribution < -0.4 is 0 Å². The highest BCUT2D eigenvalue weighted by atomic mass is 16.7. The highest BCUT2D eigenvalue weighted by Gasteiger charge is 2.28. The number of terminal acetylenes is 1. The molecular formula is C13H21NO2. The van der Waals surface area contributed by atoms with E-state index in [9.17, 15) is 4.79 Å². The molecule has 1 fully saturated rings. The SMILES string of the molecule is C#CCC1CCN(OC(=O)C(C)(C)C)CC1. The van der Waals surface area contributed by atoms with E-state index in [1.807, 2.05) is 20.8 Å². The summed E-state index contributed by atoms with van der Waals surface area (Å²) in [6, 6.07) is 0. The third-order valence-corrected chi connectivity index (χ3v) is 2.80. The quantitative estimate of drug-likeness (QED) is 0.672. The van der Waals surface area contributed by atoms with Crippen molar-refractivity contribution >= 4 is 5.97 Å². The minimum atomic E-state index is -0.435. The standard InChI is InChI=1S/C13H21NO2/c1-5-6-11-7-9-14(10-8-11)16-12(15)13(2,3)4/h1,11H,6-10H2,2-4H3. The van der Waals surface area contributed by atoms with Crippen LogP contribution in [0.3, 0.4) is 0 Å². The van der Waals surface area contributed by atoms with Crippen LogP contribution in [0.15, 0.2) is 0 Å². The van der Waals surface area contributed by atoms with E-state index in [2.05, 4.69) is 5.92 Å². The van der Waals surface area contributed by atoms with Gasteiger partial charge in [0.25, 0.3) is 0 Å². The molecule has 3 nitrogen and oxygen atoms in total. The number of carbonyl (C=O) groups is 1. The van der Waals surface area contributed by atoms with Gasteiger partial charge < -0.3 is 4.84 Å². The molecule has 0 aliphatic carbocycles. The number of nitrogens with zero attached hydrogens (tertiary/aromatic N) is 1. The molecule has 0 N–H and O–H groups in total. The van der Waals surface area contributed by atoms with E-state index in [4.69, 9.17) is 11.3 Å². The lowest BCUT2D eigenvalue weighted by atomic mass is 9.95. The average Bonchev–Trinajstić information content (AvgIpc) is 2.20. The summed E-state index contributed by atoms with van der Waals surface area (Å²) < 4.78 is 0. The number of piperidine rings is 1. The van der Waals surface area contributed by atoms with E-state index in [-0.39, 0.29) is 5.97 Å². The highest BCUT2D eigenvalue weighted by Crippen LogP contribution is 2.22. The molecule has 3 heteroatoms. The van der Waals surface area contributed by atoms with Crippen molar-refractivity contribution in [2.24, 2.45) is 11.3 Å². The predicted molar refractivity (Wildman–Crippen MR) is 63.3 cm³/mol. The molecule has 0 bridgehead atoms. The van der Waals surface area contributed by atoms with Crippen molar-refractivity contribution in [3.63, 3.8) is 0 Å². The number of carbonyl (C=O) groups excluding carboxylic acids is 1. The van der Waals surface area contributed by atoms with Crippen LogP contribution in [0.4, 0.5) is 0 Å². The maximum atomic E-state index is 11.6. The van der Waals surface area contributed by atoms with Gasteiger partial charge >= 0.3 is 5.97 Å². The number of hydrogen-bond donors (Lipinski definition) is 0. The zero-order chi connectivity index (χ0) is 12.2. The van der Waals surface area contributed by atoms with Crippen molar-refractivity contribution in [3.8, 4) is 12.3 Å². The molecule has 0 unspecified atom stereocenters. The van der Waals surface area contributed by atoms with E-state index in [0.717, 1.165) is 32.4 Å². The second kappa shape index (κ2) is 5.36. The second-order valence-electron chi connectivity index (χ2n) is 5.41. The summed E-state index contributed by atoms with van der Waals surface area (Å²) in [6.07, 6.45) is 8.15. The largest absolute Gasteiger partial charge is 0.367 e. The van der Waals surface area contributed by atoms with Crippen LogP contribution in [0.2, 0.25) is 0 Å². The second-order valence-corrected chi connectivity index (χ2v) is 5.41. The van der Waals surface area contributed by atoms with E-state index in [1.54, 1.807) is 5.06 Å². The number of hydrogen-bond acceptors (Lipinski definition) is 3. The summed E-state index contributed by atoms with van der Waals surface area (Å²) in [5, 5.41) is 1.76. The lowest BCUT2D eigenvalue weighted by molar-refractivity contribution is -0.205. The maximum absolute atomic E-state index is 11.6. The topological polar surface area (TPSA) is 29.5 Å². The number of rotatable bonds is 2. The monoisotopic (exact) mass is 223 g/mol. The van der Waals surface area contributed by atoms with Crippen molar-refractivity contribution in [1.29, 1.82) is 0 Å². The predicted octanol–water partition coefficient (Wildman–Crippen LogP) is 2.23. The van der Waals surface area contributed by atoms with Gasteiger partial charge in [-0.15, -0.1) is 17.4 Å². The van der Waals surface area contributed by atoms with Gasteiger partial charge in [-0.2, -0.15) is 0 Å². The van der Waals surface area contributed by atoms with Gasteiger partial charge in [0.05, 0.1) is 5.41 Å². The molecule has 0 aromatic heterocycles. The van der Waals surface area contributed by atoms with Crippen LogP contribution in [0, 0.1) is 23.7 Å². The summed E-state index contributed by atoms with van der Waals surface area (Å²) >= 11 is 0. The fourth-order valence-electron chi connectivity index (χ4n) is 1.63. The van der Waals surface area contributed by atoms with Crippen LogP contribution in [0.5, 0.6) is 0 Å². The molecule has 0 atom stereocenters. The third kappa shape index (κ3) is 3.86. The first kappa shape index (κ1) is 13.1. The van der Waals surface area contributed by atoms with E-state index >= 15 is 0 Å². The van der Waals surface area contributed by atoms with E-state index in [1.165, 1.54) is 0 Å². The molecule has 0 spiro atoms. The Kier molecular flexibility index (Phi) is 4.37. The summed E-state index contributed by atoms with van der Waals surface area (Å²) in [6.45, 7) is 7.18. The highest BCUT2D eigenvalue weighted by molar-refractivity contribution is 5.75. The summed E-state index contributed by atoms with van der Waals surface area (Å²) in [7, 11) is 0. The molecule has 0 saturated carbocycles. The van der Waals surface area contributed by atoms with Gasteiger partial charge in [0, 0.05) is 19.5 Å². The Morgan fingerprint density at radius 2 is 2.00 bits per heavy atom. The minimum Gasteiger partial charge on any atom is -0.367 e. The van der Waals surface area contributed by atoms with Crippen molar-refractivity contribution < 1.29 is 9.63 Å². The van der Waals surface area contributed by atoms with Crippen molar-refractivity contribution in [1.82, 2.24) is 5.06 Å². The third-order valence-electron chi connectivity index (χ3n) is 2.80. The van der Waals surface area contributed by atoms with Crippen LogP contribution in [0.25, 0.3) is 0 Å². The molecule has 1 aliphatic rings. The van der Waals surface area contributed by atoms with E-state index < -0.39 is 5.41 Å². The zero-order valence-electron chi connectivity index (χ0n) is 10.5. The summed E-state index contributed by atoms with van der Waals surface area (Å²) in [4.78, 5) is 17.0. The van der Waals surface area contributed by atoms with Gasteiger partial charge in [0.2, 0.25) is 0 Å². The van der Waals surface area contributed by atoms with Gasteiger partial charge in [-0.1, -0.05) is 0 Å². The van der Waals surface area contributed by atoms with Crippen LogP contribution in [0.1, 0.15) is 40.0 Å². The fourth-order valence-corrected chi connectivity index (χ4v) is 1.63. The lowest BCUT2D eigenvalue weighted by Crippen LogP contribution is -2.38. The first-order valence-corrected chi connectivity index (χ1v) is 5.84. The van der Waals surface area contributed by atoms with Gasteiger partial charge in [-0.05, 0) is 39.5 Å². The van der Waals surface area contributed by atoms with Gasteiger partial charge in [0.15, 0.2) is 0 Å². The molecule has 1 saturated heterocycles. The number of hydroxylamine groups is 2. The first-order valence-electron chi connectivity index (χ1n) is 5.84. The Labute approximate surface area is 98.1 Å². The van der Waals surface area contributed by atoms with Crippen molar-refractivity contribution in [3.05, 3.63) is 0 Å². The Bertz CT molecular complexity index is 277. The molecule has 0 aromatic carbocycles. The summed E-state index contributed by atoms with van der Waals surface area (Å²) in [5.41, 5.74) is -0.435. The molecule has 0 radical (unpaired) electrons. The molecular weight excluding hydrogens is 202 g/mol. The van der Waals surface area contributed by atoms with Crippen LogP contribution in [-0.2, 0) is 9.63 Å². The first-order chi connectivity index (χ1) is 7.43. The van der Waals surface area contributed by atoms with Gasteiger partial charge in [-0.3, -0.25) is 0 Å². The molecule has 90 valence electrons. The molecule has 1 heterocycles. The van der Waals surface area contributed by atoms with Crippen LogP contribution in [-0.4, -0.2) is 24.1 Å². The summed E-state index contributed by atoms with van der Waals surface area (Å²) in [5.74, 6) is 3.12. The molecule has 1 rings (SSSR count). The lowest BCUT2D eigenvalue weighted by Gasteiger charge is -2.31.